The number of aromatic nitrogens is 1. The Bertz CT molecular complexity index is 1390. The molecule has 7 heteroatoms. The van der Waals surface area contributed by atoms with Gasteiger partial charge in [0.25, 0.3) is 0 Å². The molecule has 4 aromatic rings. The van der Waals surface area contributed by atoms with Gasteiger partial charge in [0.15, 0.2) is 9.84 Å². The van der Waals surface area contributed by atoms with Crippen LogP contribution in [-0.2, 0) is 33.4 Å². The van der Waals surface area contributed by atoms with E-state index in [1.54, 1.807) is 47.2 Å². The van der Waals surface area contributed by atoms with E-state index in [1.807, 2.05) is 36.4 Å². The zero-order valence-electron chi connectivity index (χ0n) is 19.0. The van der Waals surface area contributed by atoms with Crippen LogP contribution in [0.25, 0.3) is 10.9 Å². The molecule has 1 N–H and O–H groups in total. The molecule has 0 unspecified atom stereocenters. The summed E-state index contributed by atoms with van der Waals surface area (Å²) >= 11 is 5.92. The summed E-state index contributed by atoms with van der Waals surface area (Å²) < 4.78 is 28.2. The van der Waals surface area contributed by atoms with Gasteiger partial charge < -0.3 is 9.88 Å². The van der Waals surface area contributed by atoms with Gasteiger partial charge in [-0.1, -0.05) is 67.4 Å². The topological polar surface area (TPSA) is 68.2 Å². The number of fused-ring (bicyclic) bond motifs is 1. The van der Waals surface area contributed by atoms with Gasteiger partial charge in [-0.25, -0.2) is 8.42 Å². The minimum atomic E-state index is -3.63. The minimum absolute atomic E-state index is 0.00850. The fourth-order valence-electron chi connectivity index (χ4n) is 3.96. The molecule has 0 radical (unpaired) electrons. The van der Waals surface area contributed by atoms with E-state index in [1.165, 1.54) is 5.56 Å². The largest absolute Gasteiger partial charge is 0.337 e. The van der Waals surface area contributed by atoms with Crippen molar-refractivity contribution in [3.63, 3.8) is 0 Å². The first-order valence-corrected chi connectivity index (χ1v) is 13.3. The highest BCUT2D eigenvalue weighted by atomic mass is 35.5. The first-order chi connectivity index (χ1) is 16.4. The summed E-state index contributed by atoms with van der Waals surface area (Å²) in [4.78, 5) is 13.0. The lowest BCUT2D eigenvalue weighted by Gasteiger charge is -2.08. The van der Waals surface area contributed by atoms with Gasteiger partial charge in [0, 0.05) is 27.8 Å². The number of sulfone groups is 1. The fourth-order valence-corrected chi connectivity index (χ4v) is 5.67. The molecule has 176 valence electrons. The summed E-state index contributed by atoms with van der Waals surface area (Å²) in [6, 6.07) is 21.9. The number of amides is 1. The predicted octanol–water partition coefficient (Wildman–Crippen LogP) is 6.25. The molecule has 0 bridgehead atoms. The van der Waals surface area contributed by atoms with Crippen LogP contribution in [0.3, 0.4) is 0 Å². The van der Waals surface area contributed by atoms with Crippen LogP contribution in [0.1, 0.15) is 30.9 Å². The van der Waals surface area contributed by atoms with Gasteiger partial charge in [0.2, 0.25) is 5.91 Å². The highest BCUT2D eigenvalue weighted by Gasteiger charge is 2.22. The monoisotopic (exact) mass is 494 g/mol. The number of unbranched alkanes of at least 4 members (excludes halogenated alkanes) is 1. The molecule has 0 saturated heterocycles. The Kier molecular flexibility index (Phi) is 7.39. The number of hydrogen-bond acceptors (Lipinski definition) is 3. The molecule has 1 aromatic heterocycles. The molecule has 0 aliphatic carbocycles. The Labute approximate surface area is 205 Å². The second-order valence-electron chi connectivity index (χ2n) is 8.37. The number of nitrogens with one attached hydrogen (secondary N) is 1. The van der Waals surface area contributed by atoms with E-state index < -0.39 is 9.84 Å². The lowest BCUT2D eigenvalue weighted by Crippen LogP contribution is -2.18. The number of nitrogens with zero attached hydrogens (tertiary/aromatic N) is 1. The third kappa shape index (κ3) is 5.69. The van der Waals surface area contributed by atoms with E-state index in [0.29, 0.717) is 21.5 Å². The van der Waals surface area contributed by atoms with E-state index in [4.69, 9.17) is 11.6 Å². The fraction of sp³-hybridized carbons (Fsp3) is 0.222. The molecule has 34 heavy (non-hydrogen) atoms. The predicted molar refractivity (Wildman–Crippen MR) is 138 cm³/mol. The average Bonchev–Trinajstić information content (AvgIpc) is 3.19. The van der Waals surface area contributed by atoms with Crippen LogP contribution < -0.4 is 5.32 Å². The third-order valence-electron chi connectivity index (χ3n) is 5.73. The molecule has 1 heterocycles. The smallest absolute Gasteiger partial charge is 0.244 e. The quantitative estimate of drug-likeness (QED) is 0.299. The Morgan fingerprint density at radius 3 is 2.32 bits per heavy atom. The number of benzene rings is 3. The van der Waals surface area contributed by atoms with Crippen LogP contribution >= 0.6 is 11.6 Å². The van der Waals surface area contributed by atoms with Crippen molar-refractivity contribution in [2.45, 2.75) is 43.4 Å². The maximum absolute atomic E-state index is 13.3. The molecule has 0 atom stereocenters. The van der Waals surface area contributed by atoms with Gasteiger partial charge in [0.1, 0.15) is 6.54 Å². The van der Waals surface area contributed by atoms with Crippen LogP contribution in [0.15, 0.2) is 83.9 Å². The maximum atomic E-state index is 13.3. The Morgan fingerprint density at radius 2 is 1.62 bits per heavy atom. The van der Waals surface area contributed by atoms with Crippen LogP contribution in [0, 0.1) is 0 Å². The molecule has 0 spiro atoms. The number of rotatable bonds is 9. The number of carbonyl (C=O) groups excluding carboxylic acids is 1. The highest BCUT2D eigenvalue weighted by molar-refractivity contribution is 7.90. The van der Waals surface area contributed by atoms with Crippen LogP contribution in [0.2, 0.25) is 5.02 Å². The number of hydrogen-bond donors (Lipinski definition) is 1. The summed E-state index contributed by atoms with van der Waals surface area (Å²) in [7, 11) is -3.63. The molecular formula is C27H27ClN2O3S. The van der Waals surface area contributed by atoms with Gasteiger partial charge in [0.05, 0.1) is 10.6 Å². The van der Waals surface area contributed by atoms with Crippen molar-refractivity contribution in [1.82, 2.24) is 4.57 Å². The number of para-hydroxylation sites is 1. The average molecular weight is 495 g/mol. The second-order valence-corrected chi connectivity index (χ2v) is 10.8. The summed E-state index contributed by atoms with van der Waals surface area (Å²) in [5, 5.41) is 4.07. The highest BCUT2D eigenvalue weighted by Crippen LogP contribution is 2.28. The zero-order valence-corrected chi connectivity index (χ0v) is 20.6. The zero-order chi connectivity index (χ0) is 24.1. The molecule has 0 aliphatic rings. The van der Waals surface area contributed by atoms with Crippen molar-refractivity contribution in [3.05, 3.63) is 95.1 Å². The Morgan fingerprint density at radius 1 is 0.941 bits per heavy atom. The van der Waals surface area contributed by atoms with E-state index in [0.717, 1.165) is 24.9 Å². The molecule has 0 aliphatic heterocycles. The van der Waals surface area contributed by atoms with Crippen molar-refractivity contribution in [1.29, 1.82) is 0 Å². The van der Waals surface area contributed by atoms with Gasteiger partial charge in [-0.2, -0.15) is 0 Å². The number of aryl methyl sites for hydroxylation is 1. The summed E-state index contributed by atoms with van der Waals surface area (Å²) in [5.74, 6) is -0.363. The first-order valence-electron chi connectivity index (χ1n) is 11.3. The minimum Gasteiger partial charge on any atom is -0.337 e. The molecular weight excluding hydrogens is 468 g/mol. The number of anilines is 1. The normalized spacial score (nSPS) is 11.6. The van der Waals surface area contributed by atoms with E-state index in [9.17, 15) is 13.2 Å². The van der Waals surface area contributed by atoms with Gasteiger partial charge in [-0.15, -0.1) is 0 Å². The molecule has 1 amide bonds. The lowest BCUT2D eigenvalue weighted by atomic mass is 10.1. The van der Waals surface area contributed by atoms with Crippen molar-refractivity contribution in [3.8, 4) is 0 Å². The molecule has 0 fully saturated rings. The van der Waals surface area contributed by atoms with E-state index in [-0.39, 0.29) is 23.1 Å². The Balaban J connectivity index is 1.54. The third-order valence-corrected chi connectivity index (χ3v) is 7.69. The van der Waals surface area contributed by atoms with Crippen LogP contribution in [0.4, 0.5) is 5.69 Å². The van der Waals surface area contributed by atoms with E-state index >= 15 is 0 Å². The standard InChI is InChI=1S/C27H27ClN2O3S/c1-2-3-6-20-11-15-23(16-12-20)29-27(31)18-30-17-26(24-7-4-5-8-25(24)30)34(32,33)19-21-9-13-22(28)14-10-21/h4-5,7-17H,2-3,6,18-19H2,1H3,(H,29,31). The summed E-state index contributed by atoms with van der Waals surface area (Å²) in [5.41, 5.74) is 3.31. The number of carbonyl (C=O) groups is 1. The summed E-state index contributed by atoms with van der Waals surface area (Å²) in [6.07, 6.45) is 4.85. The molecule has 3 aromatic carbocycles. The van der Waals surface area contributed by atoms with Gasteiger partial charge >= 0.3 is 0 Å². The van der Waals surface area contributed by atoms with Crippen molar-refractivity contribution in [2.75, 3.05) is 5.32 Å². The number of halogens is 1. The van der Waals surface area contributed by atoms with Crippen LogP contribution in [0.5, 0.6) is 0 Å². The van der Waals surface area contributed by atoms with Gasteiger partial charge in [-0.3, -0.25) is 4.79 Å². The first kappa shape index (κ1) is 24.0. The van der Waals surface area contributed by atoms with Gasteiger partial charge in [-0.05, 0) is 54.3 Å². The van der Waals surface area contributed by atoms with Crippen molar-refractivity contribution < 1.29 is 13.2 Å². The second kappa shape index (κ2) is 10.5. The van der Waals surface area contributed by atoms with E-state index in [2.05, 4.69) is 12.2 Å². The SMILES string of the molecule is CCCCc1ccc(NC(=O)Cn2cc(S(=O)(=O)Cc3ccc(Cl)cc3)c3ccccc32)cc1. The maximum Gasteiger partial charge on any atom is 0.244 e. The summed E-state index contributed by atoms with van der Waals surface area (Å²) in [6.45, 7) is 2.17. The van der Waals surface area contributed by atoms with Crippen LogP contribution in [-0.4, -0.2) is 18.9 Å². The lowest BCUT2D eigenvalue weighted by molar-refractivity contribution is -0.116. The Hall–Kier alpha value is -3.09. The van der Waals surface area contributed by atoms with Crippen molar-refractivity contribution in [2.24, 2.45) is 0 Å². The molecule has 4 rings (SSSR count). The van der Waals surface area contributed by atoms with Crippen molar-refractivity contribution >= 4 is 43.9 Å². The molecule has 0 saturated carbocycles. The molecule has 5 nitrogen and oxygen atoms in total.